The van der Waals surface area contributed by atoms with Crippen LogP contribution in [-0.4, -0.2) is 9.97 Å². The average Bonchev–Trinajstić information content (AvgIpc) is 2.83. The molecule has 2 heteroatoms. The molecule has 4 aromatic carbocycles. The zero-order chi connectivity index (χ0) is 20.8. The summed E-state index contributed by atoms with van der Waals surface area (Å²) in [6.07, 6.45) is 3.68. The topological polar surface area (TPSA) is 25.8 Å². The molecule has 31 heavy (non-hydrogen) atoms. The van der Waals surface area contributed by atoms with E-state index in [-0.39, 0.29) is 0 Å². The molecule has 6 aromatic rings. The van der Waals surface area contributed by atoms with E-state index in [0.717, 1.165) is 21.8 Å². The van der Waals surface area contributed by atoms with Gasteiger partial charge in [0.05, 0.1) is 11.0 Å². The number of benzene rings is 4. The second-order valence-corrected chi connectivity index (χ2v) is 7.97. The summed E-state index contributed by atoms with van der Waals surface area (Å²) >= 11 is 0. The predicted molar refractivity (Wildman–Crippen MR) is 130 cm³/mol. The third-order valence-corrected chi connectivity index (χ3v) is 6.04. The lowest BCUT2D eigenvalue weighted by molar-refractivity contribution is 1.37. The summed E-state index contributed by atoms with van der Waals surface area (Å²) in [5, 5.41) is 4.73. The second kappa shape index (κ2) is 7.03. The highest BCUT2D eigenvalue weighted by Gasteiger charge is 2.14. The van der Waals surface area contributed by atoms with E-state index in [4.69, 9.17) is 0 Å². The number of hydrogen-bond donors (Lipinski definition) is 0. The summed E-state index contributed by atoms with van der Waals surface area (Å²) in [4.78, 5) is 9.29. The molecular formula is C29H20N2. The lowest BCUT2D eigenvalue weighted by atomic mass is 9.90. The van der Waals surface area contributed by atoms with E-state index in [1.165, 1.54) is 38.6 Å². The molecule has 0 amide bonds. The van der Waals surface area contributed by atoms with Crippen LogP contribution in [0.1, 0.15) is 5.56 Å². The number of rotatable bonds is 2. The number of pyridine rings is 2. The molecule has 146 valence electrons. The number of hydrogen-bond acceptors (Lipinski definition) is 2. The number of aromatic nitrogens is 2. The first-order valence-corrected chi connectivity index (χ1v) is 10.5. The van der Waals surface area contributed by atoms with Crippen molar-refractivity contribution in [3.63, 3.8) is 0 Å². The van der Waals surface area contributed by atoms with Gasteiger partial charge in [-0.05, 0) is 58.1 Å². The van der Waals surface area contributed by atoms with Crippen LogP contribution < -0.4 is 0 Å². The van der Waals surface area contributed by atoms with Gasteiger partial charge in [-0.2, -0.15) is 0 Å². The molecule has 0 atom stereocenters. The van der Waals surface area contributed by atoms with Gasteiger partial charge in [-0.25, -0.2) is 0 Å². The first kappa shape index (κ1) is 17.8. The number of aryl methyl sites for hydroxylation is 1. The van der Waals surface area contributed by atoms with Gasteiger partial charge in [0.2, 0.25) is 0 Å². The monoisotopic (exact) mass is 396 g/mol. The Labute approximate surface area is 180 Å². The summed E-state index contributed by atoms with van der Waals surface area (Å²) in [6, 6.07) is 32.4. The molecule has 6 rings (SSSR count). The first-order valence-electron chi connectivity index (χ1n) is 10.5. The fourth-order valence-corrected chi connectivity index (χ4v) is 4.52. The molecule has 0 saturated carbocycles. The highest BCUT2D eigenvalue weighted by Crippen LogP contribution is 2.39. The largest absolute Gasteiger partial charge is 0.254 e. The summed E-state index contributed by atoms with van der Waals surface area (Å²) in [7, 11) is 0. The highest BCUT2D eigenvalue weighted by molar-refractivity contribution is 6.14. The SMILES string of the molecule is Cc1ccc(-c2ccc(-c3cc4cccnc4c4ncccc34)c3ccccc23)cc1. The van der Waals surface area contributed by atoms with Gasteiger partial charge in [-0.1, -0.05) is 78.4 Å². The lowest BCUT2D eigenvalue weighted by Gasteiger charge is -2.15. The molecule has 0 radical (unpaired) electrons. The normalized spacial score (nSPS) is 11.4. The van der Waals surface area contributed by atoms with E-state index in [0.29, 0.717) is 0 Å². The Morgan fingerprint density at radius 2 is 1.16 bits per heavy atom. The summed E-state index contributed by atoms with van der Waals surface area (Å²) < 4.78 is 0. The minimum Gasteiger partial charge on any atom is -0.254 e. The van der Waals surface area contributed by atoms with Gasteiger partial charge < -0.3 is 0 Å². The Hall–Kier alpha value is -4.04. The van der Waals surface area contributed by atoms with Gasteiger partial charge in [0.25, 0.3) is 0 Å². The Balaban J connectivity index is 1.69. The van der Waals surface area contributed by atoms with Crippen molar-refractivity contribution in [3.8, 4) is 22.3 Å². The van der Waals surface area contributed by atoms with Crippen molar-refractivity contribution in [2.45, 2.75) is 6.92 Å². The van der Waals surface area contributed by atoms with Crippen molar-refractivity contribution in [3.05, 3.63) is 109 Å². The van der Waals surface area contributed by atoms with E-state index in [2.05, 4.69) is 95.8 Å². The van der Waals surface area contributed by atoms with Crippen LogP contribution in [0.5, 0.6) is 0 Å². The van der Waals surface area contributed by atoms with Crippen LogP contribution in [0.25, 0.3) is 54.8 Å². The molecule has 0 spiro atoms. The van der Waals surface area contributed by atoms with E-state index >= 15 is 0 Å². The summed E-state index contributed by atoms with van der Waals surface area (Å²) in [6.45, 7) is 2.12. The van der Waals surface area contributed by atoms with Gasteiger partial charge >= 0.3 is 0 Å². The Morgan fingerprint density at radius 3 is 1.97 bits per heavy atom. The predicted octanol–water partition coefficient (Wildman–Crippen LogP) is 7.58. The van der Waals surface area contributed by atoms with Gasteiger partial charge in [-0.3, -0.25) is 9.97 Å². The van der Waals surface area contributed by atoms with Crippen molar-refractivity contribution in [2.75, 3.05) is 0 Å². The molecule has 2 nitrogen and oxygen atoms in total. The van der Waals surface area contributed by atoms with Crippen LogP contribution in [0, 0.1) is 6.92 Å². The fourth-order valence-electron chi connectivity index (χ4n) is 4.52. The van der Waals surface area contributed by atoms with Crippen LogP contribution in [0.15, 0.2) is 103 Å². The van der Waals surface area contributed by atoms with E-state index in [1.54, 1.807) is 0 Å². The van der Waals surface area contributed by atoms with Gasteiger partial charge in [0.15, 0.2) is 0 Å². The number of fused-ring (bicyclic) bond motifs is 4. The minimum absolute atomic E-state index is 0.947. The maximum atomic E-state index is 4.69. The van der Waals surface area contributed by atoms with Crippen LogP contribution in [0.2, 0.25) is 0 Å². The Kier molecular flexibility index (Phi) is 4.03. The molecular weight excluding hydrogens is 376 g/mol. The molecule has 0 unspecified atom stereocenters. The van der Waals surface area contributed by atoms with Gasteiger partial charge in [-0.15, -0.1) is 0 Å². The smallest absolute Gasteiger partial charge is 0.0970 e. The highest BCUT2D eigenvalue weighted by atomic mass is 14.7. The maximum Gasteiger partial charge on any atom is 0.0970 e. The average molecular weight is 396 g/mol. The van der Waals surface area contributed by atoms with Crippen LogP contribution in [0.4, 0.5) is 0 Å². The van der Waals surface area contributed by atoms with Crippen molar-refractivity contribution < 1.29 is 0 Å². The third kappa shape index (κ3) is 2.88. The zero-order valence-electron chi connectivity index (χ0n) is 17.2. The molecule has 2 aromatic heterocycles. The van der Waals surface area contributed by atoms with Crippen molar-refractivity contribution in [2.24, 2.45) is 0 Å². The Morgan fingerprint density at radius 1 is 0.516 bits per heavy atom. The second-order valence-electron chi connectivity index (χ2n) is 7.97. The number of nitrogens with zero attached hydrogens (tertiary/aromatic N) is 2. The van der Waals surface area contributed by atoms with Crippen molar-refractivity contribution in [1.82, 2.24) is 9.97 Å². The molecule has 0 aliphatic rings. The lowest BCUT2D eigenvalue weighted by Crippen LogP contribution is -1.91. The molecule has 0 N–H and O–H groups in total. The first-order chi connectivity index (χ1) is 15.3. The van der Waals surface area contributed by atoms with Gasteiger partial charge in [0, 0.05) is 23.2 Å². The third-order valence-electron chi connectivity index (χ3n) is 6.04. The van der Waals surface area contributed by atoms with Crippen LogP contribution in [-0.2, 0) is 0 Å². The Bertz CT molecular complexity index is 1580. The molecule has 0 fully saturated rings. The van der Waals surface area contributed by atoms with E-state index in [1.807, 2.05) is 24.5 Å². The summed E-state index contributed by atoms with van der Waals surface area (Å²) in [5.74, 6) is 0. The van der Waals surface area contributed by atoms with Crippen LogP contribution in [0.3, 0.4) is 0 Å². The molecule has 2 heterocycles. The van der Waals surface area contributed by atoms with Crippen LogP contribution >= 0.6 is 0 Å². The molecule has 0 saturated heterocycles. The van der Waals surface area contributed by atoms with E-state index < -0.39 is 0 Å². The molecule has 0 bridgehead atoms. The minimum atomic E-state index is 0.947. The standard InChI is InChI=1S/C29H20N2/c1-19-10-12-20(13-11-19)22-14-15-25(24-8-3-2-7-23(22)24)27-18-21-6-4-16-30-28(21)29-26(27)9-5-17-31-29/h2-18H,1H3. The summed E-state index contributed by atoms with van der Waals surface area (Å²) in [5.41, 5.74) is 8.07. The quantitative estimate of drug-likeness (QED) is 0.282. The zero-order valence-corrected chi connectivity index (χ0v) is 17.2. The van der Waals surface area contributed by atoms with Gasteiger partial charge in [0.1, 0.15) is 0 Å². The fraction of sp³-hybridized carbons (Fsp3) is 0.0345. The molecule has 0 aliphatic carbocycles. The van der Waals surface area contributed by atoms with E-state index in [9.17, 15) is 0 Å². The van der Waals surface area contributed by atoms with Crippen molar-refractivity contribution in [1.29, 1.82) is 0 Å². The molecule has 0 aliphatic heterocycles. The van der Waals surface area contributed by atoms with Crippen molar-refractivity contribution >= 4 is 32.6 Å². The maximum absolute atomic E-state index is 4.69.